The van der Waals surface area contributed by atoms with Crippen LogP contribution < -0.4 is 4.90 Å². The Balaban J connectivity index is 2.05. The Labute approximate surface area is 106 Å². The van der Waals surface area contributed by atoms with E-state index >= 15 is 0 Å². The Hall–Kier alpha value is -1.91. The Morgan fingerprint density at radius 3 is 2.89 bits per heavy atom. The van der Waals surface area contributed by atoms with Gasteiger partial charge in [-0.1, -0.05) is 6.58 Å². The summed E-state index contributed by atoms with van der Waals surface area (Å²) in [5, 5.41) is 0. The first-order valence-electron chi connectivity index (χ1n) is 5.97. The number of hydrogen-bond acceptors (Lipinski definition) is 3. The summed E-state index contributed by atoms with van der Waals surface area (Å²) in [5.74, 6) is -0.384. The van der Waals surface area contributed by atoms with Crippen molar-refractivity contribution in [2.75, 3.05) is 31.1 Å². The lowest BCUT2D eigenvalue weighted by Gasteiger charge is -2.22. The van der Waals surface area contributed by atoms with Crippen LogP contribution in [0, 0.1) is 5.82 Å². The van der Waals surface area contributed by atoms with Crippen molar-refractivity contribution >= 4 is 11.6 Å². The van der Waals surface area contributed by atoms with Crippen LogP contribution in [0.2, 0.25) is 0 Å². The fourth-order valence-corrected chi connectivity index (χ4v) is 2.10. The van der Waals surface area contributed by atoms with E-state index in [0.29, 0.717) is 19.6 Å². The van der Waals surface area contributed by atoms with Crippen molar-refractivity contribution < 1.29 is 9.18 Å². The molecule has 96 valence electrons. The molecule has 0 aromatic carbocycles. The average Bonchev–Trinajstić information content (AvgIpc) is 2.63. The van der Waals surface area contributed by atoms with Crippen LogP contribution >= 0.6 is 0 Å². The minimum Gasteiger partial charge on any atom is -0.368 e. The number of amides is 1. The third-order valence-corrected chi connectivity index (χ3v) is 3.04. The molecule has 1 amide bonds. The summed E-state index contributed by atoms with van der Waals surface area (Å²) < 4.78 is 13.1. The van der Waals surface area contributed by atoms with Crippen molar-refractivity contribution in [3.8, 4) is 0 Å². The molecule has 0 unspecified atom stereocenters. The van der Waals surface area contributed by atoms with Gasteiger partial charge in [0.05, 0.1) is 18.1 Å². The van der Waals surface area contributed by atoms with E-state index in [9.17, 15) is 9.18 Å². The molecule has 0 spiro atoms. The Morgan fingerprint density at radius 1 is 1.33 bits per heavy atom. The molecule has 0 aliphatic carbocycles. The zero-order valence-corrected chi connectivity index (χ0v) is 10.2. The molecule has 0 atom stereocenters. The molecule has 2 heterocycles. The van der Waals surface area contributed by atoms with Gasteiger partial charge in [0.25, 0.3) is 0 Å². The van der Waals surface area contributed by atoms with Crippen LogP contribution in [0.3, 0.4) is 0 Å². The molecule has 0 saturated carbocycles. The predicted molar refractivity (Wildman–Crippen MR) is 67.8 cm³/mol. The molecule has 1 fully saturated rings. The molecule has 5 heteroatoms. The van der Waals surface area contributed by atoms with Crippen LogP contribution in [0.1, 0.15) is 6.42 Å². The summed E-state index contributed by atoms with van der Waals surface area (Å²) in [6.45, 7) is 6.31. The molecule has 4 nitrogen and oxygen atoms in total. The van der Waals surface area contributed by atoms with Crippen LogP contribution in [-0.4, -0.2) is 42.0 Å². The maximum Gasteiger partial charge on any atom is 0.246 e. The lowest BCUT2D eigenvalue weighted by atomic mass is 10.3. The number of pyridine rings is 1. The molecular formula is C13H16FN3O. The van der Waals surface area contributed by atoms with Crippen LogP contribution in [0.4, 0.5) is 10.1 Å². The quantitative estimate of drug-likeness (QED) is 0.744. The highest BCUT2D eigenvalue weighted by Crippen LogP contribution is 2.16. The molecule has 0 N–H and O–H groups in total. The smallest absolute Gasteiger partial charge is 0.246 e. The highest BCUT2D eigenvalue weighted by atomic mass is 19.1. The van der Waals surface area contributed by atoms with Crippen molar-refractivity contribution in [1.29, 1.82) is 0 Å². The van der Waals surface area contributed by atoms with E-state index in [-0.39, 0.29) is 11.7 Å². The summed E-state index contributed by atoms with van der Waals surface area (Å²) in [5.41, 5.74) is 0.767. The van der Waals surface area contributed by atoms with E-state index in [1.54, 1.807) is 11.1 Å². The molecule has 1 aromatic rings. The maximum atomic E-state index is 13.1. The number of hydrogen-bond donors (Lipinski definition) is 0. The van der Waals surface area contributed by atoms with Crippen LogP contribution in [0.15, 0.2) is 31.1 Å². The highest BCUT2D eigenvalue weighted by Gasteiger charge is 2.17. The third kappa shape index (κ3) is 2.85. The van der Waals surface area contributed by atoms with Gasteiger partial charge in [-0.15, -0.1) is 0 Å². The largest absolute Gasteiger partial charge is 0.368 e. The van der Waals surface area contributed by atoms with E-state index in [2.05, 4.69) is 11.6 Å². The van der Waals surface area contributed by atoms with Gasteiger partial charge < -0.3 is 9.80 Å². The van der Waals surface area contributed by atoms with Gasteiger partial charge in [-0.2, -0.15) is 0 Å². The molecule has 1 aromatic heterocycles. The van der Waals surface area contributed by atoms with Gasteiger partial charge in [0, 0.05) is 32.2 Å². The molecule has 1 aliphatic heterocycles. The topological polar surface area (TPSA) is 36.4 Å². The Kier molecular flexibility index (Phi) is 3.92. The summed E-state index contributed by atoms with van der Waals surface area (Å²) in [7, 11) is 0. The normalized spacial score (nSPS) is 16.3. The minimum absolute atomic E-state index is 0.0470. The van der Waals surface area contributed by atoms with Crippen molar-refractivity contribution in [3.63, 3.8) is 0 Å². The second-order valence-corrected chi connectivity index (χ2v) is 4.23. The van der Waals surface area contributed by atoms with Gasteiger partial charge in [0.1, 0.15) is 5.82 Å². The fraction of sp³-hybridized carbons (Fsp3) is 0.385. The zero-order chi connectivity index (χ0) is 13.0. The van der Waals surface area contributed by atoms with E-state index in [1.165, 1.54) is 18.3 Å². The fourth-order valence-electron chi connectivity index (χ4n) is 2.10. The molecule has 2 rings (SSSR count). The molecule has 0 radical (unpaired) electrons. The van der Waals surface area contributed by atoms with Gasteiger partial charge in [-0.25, -0.2) is 4.39 Å². The van der Waals surface area contributed by atoms with Gasteiger partial charge in [-0.3, -0.25) is 9.78 Å². The van der Waals surface area contributed by atoms with E-state index < -0.39 is 0 Å². The highest BCUT2D eigenvalue weighted by molar-refractivity contribution is 5.87. The Bertz CT molecular complexity index is 450. The second-order valence-electron chi connectivity index (χ2n) is 4.23. The number of anilines is 1. The number of aromatic nitrogens is 1. The monoisotopic (exact) mass is 249 g/mol. The number of rotatable bonds is 2. The van der Waals surface area contributed by atoms with Gasteiger partial charge in [-0.05, 0) is 12.5 Å². The first-order chi connectivity index (χ1) is 8.70. The number of carbonyl (C=O) groups excluding carboxylic acids is 1. The summed E-state index contributed by atoms with van der Waals surface area (Å²) in [6.07, 6.45) is 5.03. The summed E-state index contributed by atoms with van der Waals surface area (Å²) >= 11 is 0. The van der Waals surface area contributed by atoms with Crippen molar-refractivity contribution in [2.45, 2.75) is 6.42 Å². The van der Waals surface area contributed by atoms with E-state index in [4.69, 9.17) is 0 Å². The molecule has 0 bridgehead atoms. The standard InChI is InChI=1S/C13H16FN3O/c1-2-13(18)17-5-3-4-16(6-7-17)12-8-11(14)9-15-10-12/h2,8-10H,1,3-7H2. The van der Waals surface area contributed by atoms with Crippen molar-refractivity contribution in [2.24, 2.45) is 0 Å². The average molecular weight is 249 g/mol. The minimum atomic E-state index is -0.337. The SMILES string of the molecule is C=CC(=O)N1CCCN(c2cncc(F)c2)CC1. The lowest BCUT2D eigenvalue weighted by Crippen LogP contribution is -2.34. The van der Waals surface area contributed by atoms with E-state index in [0.717, 1.165) is 18.7 Å². The molecule has 1 aliphatic rings. The first-order valence-corrected chi connectivity index (χ1v) is 5.97. The second kappa shape index (κ2) is 5.62. The molecule has 18 heavy (non-hydrogen) atoms. The Morgan fingerprint density at radius 2 is 2.17 bits per heavy atom. The number of carbonyl (C=O) groups is 1. The summed E-state index contributed by atoms with van der Waals surface area (Å²) in [4.78, 5) is 19.2. The van der Waals surface area contributed by atoms with Crippen LogP contribution in [0.5, 0.6) is 0 Å². The lowest BCUT2D eigenvalue weighted by molar-refractivity contribution is -0.125. The zero-order valence-electron chi connectivity index (χ0n) is 10.2. The molecule has 1 saturated heterocycles. The number of nitrogens with zero attached hydrogens (tertiary/aromatic N) is 3. The predicted octanol–water partition coefficient (Wildman–Crippen LogP) is 1.45. The first kappa shape index (κ1) is 12.5. The van der Waals surface area contributed by atoms with Gasteiger partial charge in [0.2, 0.25) is 5.91 Å². The van der Waals surface area contributed by atoms with Crippen molar-refractivity contribution in [3.05, 3.63) is 36.9 Å². The third-order valence-electron chi connectivity index (χ3n) is 3.04. The summed E-state index contributed by atoms with van der Waals surface area (Å²) in [6, 6.07) is 1.47. The van der Waals surface area contributed by atoms with Gasteiger partial charge >= 0.3 is 0 Å². The van der Waals surface area contributed by atoms with Gasteiger partial charge in [0.15, 0.2) is 0 Å². The maximum absolute atomic E-state index is 13.1. The van der Waals surface area contributed by atoms with Crippen molar-refractivity contribution in [1.82, 2.24) is 9.88 Å². The number of halogens is 1. The van der Waals surface area contributed by atoms with Crippen LogP contribution in [0.25, 0.3) is 0 Å². The molecular weight excluding hydrogens is 233 g/mol. The van der Waals surface area contributed by atoms with Crippen LogP contribution in [-0.2, 0) is 4.79 Å². The van der Waals surface area contributed by atoms with E-state index in [1.807, 2.05) is 4.90 Å².